The van der Waals surface area contributed by atoms with Crippen LogP contribution in [-0.2, 0) is 19.6 Å². The summed E-state index contributed by atoms with van der Waals surface area (Å²) in [7, 11) is -3.61. The van der Waals surface area contributed by atoms with Gasteiger partial charge < -0.3 is 10.0 Å². The van der Waals surface area contributed by atoms with E-state index in [1.807, 2.05) is 19.1 Å². The molecule has 0 unspecified atom stereocenters. The normalized spacial score (nSPS) is 29.9. The zero-order valence-corrected chi connectivity index (χ0v) is 17.7. The summed E-state index contributed by atoms with van der Waals surface area (Å²) in [4.78, 5) is 26.8. The Morgan fingerprint density at radius 3 is 2.24 bits per heavy atom. The number of hydrogen-bond acceptors (Lipinski definition) is 4. The summed E-state index contributed by atoms with van der Waals surface area (Å²) in [6.45, 7) is 4.74. The van der Waals surface area contributed by atoms with Crippen LogP contribution in [-0.4, -0.2) is 60.8 Å². The molecule has 8 heteroatoms. The van der Waals surface area contributed by atoms with Crippen molar-refractivity contribution in [3.63, 3.8) is 0 Å². The predicted octanol–water partition coefficient (Wildman–Crippen LogP) is 1.88. The van der Waals surface area contributed by atoms with E-state index in [2.05, 4.69) is 0 Å². The largest absolute Gasteiger partial charge is 0.481 e. The van der Waals surface area contributed by atoms with E-state index in [4.69, 9.17) is 0 Å². The SMILES string of the molecule is Cc1ccc(C)c(S(=O)(=O)N2CCN(C(=O)[C@@H]3[C@H]4CC[C@@H](C4)[C@@H]3C(=O)O)CC2)c1. The van der Waals surface area contributed by atoms with Crippen LogP contribution in [0.3, 0.4) is 0 Å². The highest BCUT2D eigenvalue weighted by Gasteiger charge is 2.55. The number of nitrogens with zero attached hydrogens (tertiary/aromatic N) is 2. The molecular formula is C21H28N2O5S. The van der Waals surface area contributed by atoms with E-state index in [9.17, 15) is 23.1 Å². The lowest BCUT2D eigenvalue weighted by molar-refractivity contribution is -0.153. The Kier molecular flexibility index (Phi) is 5.19. The number of carbonyl (C=O) groups excluding carboxylic acids is 1. The lowest BCUT2D eigenvalue weighted by Gasteiger charge is -2.38. The number of carboxylic acid groups (broad SMARTS) is 1. The van der Waals surface area contributed by atoms with Gasteiger partial charge in [0, 0.05) is 26.2 Å². The number of aryl methyl sites for hydroxylation is 2. The van der Waals surface area contributed by atoms with Gasteiger partial charge in [-0.3, -0.25) is 9.59 Å². The van der Waals surface area contributed by atoms with Gasteiger partial charge in [-0.25, -0.2) is 8.42 Å². The van der Waals surface area contributed by atoms with Crippen LogP contribution in [0, 0.1) is 37.5 Å². The number of amides is 1. The van der Waals surface area contributed by atoms with Crippen LogP contribution in [0.4, 0.5) is 0 Å². The van der Waals surface area contributed by atoms with Crippen LogP contribution in [0.2, 0.25) is 0 Å². The summed E-state index contributed by atoms with van der Waals surface area (Å²) in [5.74, 6) is -1.74. The minimum absolute atomic E-state index is 0.103. The zero-order valence-electron chi connectivity index (χ0n) is 16.9. The van der Waals surface area contributed by atoms with E-state index in [0.717, 1.165) is 24.8 Å². The second kappa shape index (κ2) is 7.40. The lowest BCUT2D eigenvalue weighted by atomic mass is 9.78. The molecule has 2 bridgehead atoms. The summed E-state index contributed by atoms with van der Waals surface area (Å²) in [5.41, 5.74) is 1.60. The van der Waals surface area contributed by atoms with Gasteiger partial charge in [-0.05, 0) is 62.1 Å². The predicted molar refractivity (Wildman–Crippen MR) is 107 cm³/mol. The maximum atomic E-state index is 13.1. The highest BCUT2D eigenvalue weighted by Crippen LogP contribution is 2.53. The Bertz CT molecular complexity index is 936. The standard InChI is InChI=1S/C21H28N2O5S/c1-13-3-4-14(2)17(11-13)29(27,28)23-9-7-22(8-10-23)20(24)18-15-5-6-16(12-15)19(18)21(25)26/h3-4,11,15-16,18-19H,5-10,12H2,1-2H3,(H,25,26)/t15-,16-,18+,19-/m0/s1. The van der Waals surface area contributed by atoms with E-state index in [1.54, 1.807) is 17.9 Å². The fraction of sp³-hybridized carbons (Fsp3) is 0.619. The van der Waals surface area contributed by atoms with Gasteiger partial charge in [0.15, 0.2) is 0 Å². The Labute approximate surface area is 171 Å². The monoisotopic (exact) mass is 420 g/mol. The summed E-state index contributed by atoms with van der Waals surface area (Å²) >= 11 is 0. The number of carboxylic acids is 1. The van der Waals surface area contributed by atoms with E-state index >= 15 is 0 Å². The fourth-order valence-electron chi connectivity index (χ4n) is 5.49. The molecule has 0 radical (unpaired) electrons. The highest BCUT2D eigenvalue weighted by atomic mass is 32.2. The molecule has 0 aromatic heterocycles. The van der Waals surface area contributed by atoms with Crippen molar-refractivity contribution in [2.45, 2.75) is 38.0 Å². The van der Waals surface area contributed by atoms with Crippen molar-refractivity contribution >= 4 is 21.9 Å². The molecular weight excluding hydrogens is 392 g/mol. The number of fused-ring (bicyclic) bond motifs is 2. The van der Waals surface area contributed by atoms with Crippen molar-refractivity contribution in [1.29, 1.82) is 0 Å². The number of aliphatic carboxylic acids is 1. The second-order valence-corrected chi connectivity index (χ2v) is 10.6. The number of piperazine rings is 1. The minimum Gasteiger partial charge on any atom is -0.481 e. The van der Waals surface area contributed by atoms with Gasteiger partial charge >= 0.3 is 5.97 Å². The molecule has 158 valence electrons. The third-order valence-electron chi connectivity index (χ3n) is 7.00. The summed E-state index contributed by atoms with van der Waals surface area (Å²) in [6.07, 6.45) is 2.65. The Hall–Kier alpha value is -1.93. The fourth-order valence-corrected chi connectivity index (χ4v) is 7.22. The molecule has 1 aliphatic heterocycles. The molecule has 3 aliphatic rings. The lowest BCUT2D eigenvalue weighted by Crippen LogP contribution is -2.53. The van der Waals surface area contributed by atoms with E-state index in [1.165, 1.54) is 4.31 Å². The molecule has 1 heterocycles. The van der Waals surface area contributed by atoms with Crippen LogP contribution in [0.1, 0.15) is 30.4 Å². The minimum atomic E-state index is -3.61. The van der Waals surface area contributed by atoms with Crippen molar-refractivity contribution in [2.75, 3.05) is 26.2 Å². The van der Waals surface area contributed by atoms with Gasteiger partial charge in [-0.15, -0.1) is 0 Å². The van der Waals surface area contributed by atoms with Gasteiger partial charge in [0.05, 0.1) is 16.7 Å². The van der Waals surface area contributed by atoms with Crippen molar-refractivity contribution in [1.82, 2.24) is 9.21 Å². The molecule has 0 spiro atoms. The third kappa shape index (κ3) is 3.46. The van der Waals surface area contributed by atoms with E-state index in [0.29, 0.717) is 23.5 Å². The summed E-state index contributed by atoms with van der Waals surface area (Å²) in [5, 5.41) is 9.62. The number of hydrogen-bond donors (Lipinski definition) is 1. The molecule has 3 fully saturated rings. The van der Waals surface area contributed by atoms with Gasteiger partial charge in [-0.1, -0.05) is 12.1 Å². The van der Waals surface area contributed by atoms with Gasteiger partial charge in [0.1, 0.15) is 0 Å². The van der Waals surface area contributed by atoms with Crippen molar-refractivity contribution in [3.8, 4) is 0 Å². The summed E-state index contributed by atoms with van der Waals surface area (Å²) in [6, 6.07) is 5.39. The van der Waals surface area contributed by atoms with Crippen LogP contribution >= 0.6 is 0 Å². The first-order chi connectivity index (χ1) is 13.7. The topological polar surface area (TPSA) is 95.0 Å². The van der Waals surface area contributed by atoms with Crippen LogP contribution in [0.5, 0.6) is 0 Å². The van der Waals surface area contributed by atoms with Gasteiger partial charge in [0.2, 0.25) is 15.9 Å². The van der Waals surface area contributed by atoms with Crippen molar-refractivity contribution in [2.24, 2.45) is 23.7 Å². The first-order valence-electron chi connectivity index (χ1n) is 10.3. The molecule has 1 N–H and O–H groups in total. The maximum Gasteiger partial charge on any atom is 0.307 e. The van der Waals surface area contributed by atoms with Gasteiger partial charge in [-0.2, -0.15) is 4.31 Å². The first kappa shape index (κ1) is 20.3. The van der Waals surface area contributed by atoms with Crippen molar-refractivity contribution < 1.29 is 23.1 Å². The summed E-state index contributed by atoms with van der Waals surface area (Å²) < 4.78 is 27.6. The van der Waals surface area contributed by atoms with Crippen LogP contribution < -0.4 is 0 Å². The van der Waals surface area contributed by atoms with E-state index < -0.39 is 27.8 Å². The van der Waals surface area contributed by atoms with Crippen LogP contribution in [0.25, 0.3) is 0 Å². The molecule has 29 heavy (non-hydrogen) atoms. The first-order valence-corrected chi connectivity index (χ1v) is 11.7. The molecule has 1 saturated heterocycles. The highest BCUT2D eigenvalue weighted by molar-refractivity contribution is 7.89. The molecule has 7 nitrogen and oxygen atoms in total. The smallest absolute Gasteiger partial charge is 0.307 e. The second-order valence-electron chi connectivity index (χ2n) is 8.72. The molecule has 1 aromatic rings. The number of rotatable bonds is 4. The van der Waals surface area contributed by atoms with E-state index in [-0.39, 0.29) is 30.8 Å². The van der Waals surface area contributed by atoms with Crippen molar-refractivity contribution in [3.05, 3.63) is 29.3 Å². The quantitative estimate of drug-likeness (QED) is 0.803. The Morgan fingerprint density at radius 1 is 1.00 bits per heavy atom. The van der Waals surface area contributed by atoms with Gasteiger partial charge in [0.25, 0.3) is 0 Å². The molecule has 2 aliphatic carbocycles. The number of sulfonamides is 1. The Morgan fingerprint density at radius 2 is 1.62 bits per heavy atom. The molecule has 4 atom stereocenters. The average Bonchev–Trinajstić information content (AvgIpc) is 3.31. The average molecular weight is 421 g/mol. The molecule has 1 aromatic carbocycles. The Balaban J connectivity index is 1.46. The maximum absolute atomic E-state index is 13.1. The molecule has 1 amide bonds. The number of benzene rings is 1. The molecule has 2 saturated carbocycles. The third-order valence-corrected chi connectivity index (χ3v) is 9.04. The van der Waals surface area contributed by atoms with Crippen LogP contribution in [0.15, 0.2) is 23.1 Å². The zero-order chi connectivity index (χ0) is 20.9. The molecule has 4 rings (SSSR count). The number of carbonyl (C=O) groups is 2.